The summed E-state index contributed by atoms with van der Waals surface area (Å²) in [7, 11) is 1.31. The first-order chi connectivity index (χ1) is 16.0. The van der Waals surface area contributed by atoms with Crippen LogP contribution in [0.25, 0.3) is 6.08 Å². The highest BCUT2D eigenvalue weighted by Gasteiger charge is 2.09. The molecule has 7 heteroatoms. The van der Waals surface area contributed by atoms with Crippen LogP contribution < -0.4 is 9.47 Å². The van der Waals surface area contributed by atoms with Crippen molar-refractivity contribution >= 4 is 24.0 Å². The minimum absolute atomic E-state index is 0.395. The van der Waals surface area contributed by atoms with Crippen molar-refractivity contribution in [3.63, 3.8) is 0 Å². The van der Waals surface area contributed by atoms with Crippen LogP contribution in [0, 0.1) is 0 Å². The van der Waals surface area contributed by atoms with Crippen LogP contribution in [0.3, 0.4) is 0 Å². The molecule has 0 aliphatic rings. The van der Waals surface area contributed by atoms with Crippen LogP contribution in [-0.4, -0.2) is 38.2 Å². The topological polar surface area (TPSA) is 88.1 Å². The third-order valence-electron chi connectivity index (χ3n) is 4.51. The molecule has 0 saturated heterocycles. The monoisotopic (exact) mass is 452 g/mol. The normalized spacial score (nSPS) is 10.5. The minimum Gasteiger partial charge on any atom is -0.494 e. The standard InChI is InChI=1S/C26H28O7/c1-3-24(27)32-19-7-5-4-6-18-31-22-15-11-21(12-16-22)26(29)33-23-13-8-20(9-14-23)10-17-25(28)30-2/h3,8-17H,1,4-7,18-19H2,2H3/b17-10+. The second kappa shape index (κ2) is 14.2. The minimum atomic E-state index is -0.475. The quantitative estimate of drug-likeness (QED) is 0.187. The number of unbranched alkanes of at least 4 members (excludes halogenated alkanes) is 3. The van der Waals surface area contributed by atoms with E-state index in [0.29, 0.717) is 30.3 Å². The molecule has 2 rings (SSSR count). The van der Waals surface area contributed by atoms with Gasteiger partial charge in [-0.05, 0) is 73.7 Å². The third kappa shape index (κ3) is 9.86. The highest BCUT2D eigenvalue weighted by Crippen LogP contribution is 2.17. The fourth-order valence-corrected chi connectivity index (χ4v) is 2.71. The molecule has 0 N–H and O–H groups in total. The molecule has 33 heavy (non-hydrogen) atoms. The number of ether oxygens (including phenoxy) is 4. The number of esters is 3. The van der Waals surface area contributed by atoms with Crippen LogP contribution in [0.4, 0.5) is 0 Å². The molecule has 0 atom stereocenters. The van der Waals surface area contributed by atoms with Crippen LogP contribution in [0.15, 0.2) is 67.3 Å². The summed E-state index contributed by atoms with van der Waals surface area (Å²) in [6.45, 7) is 4.31. The molecule has 174 valence electrons. The zero-order valence-corrected chi connectivity index (χ0v) is 18.7. The van der Waals surface area contributed by atoms with Gasteiger partial charge in [0.25, 0.3) is 0 Å². The van der Waals surface area contributed by atoms with Gasteiger partial charge in [0.2, 0.25) is 0 Å². The largest absolute Gasteiger partial charge is 0.494 e. The van der Waals surface area contributed by atoms with E-state index < -0.39 is 17.9 Å². The summed E-state index contributed by atoms with van der Waals surface area (Å²) in [5.41, 5.74) is 1.18. The van der Waals surface area contributed by atoms with Gasteiger partial charge in [0.15, 0.2) is 0 Å². The molecule has 2 aromatic carbocycles. The Labute approximate surface area is 193 Å². The van der Waals surface area contributed by atoms with Crippen molar-refractivity contribution in [2.45, 2.75) is 25.7 Å². The number of hydrogen-bond acceptors (Lipinski definition) is 7. The molecule has 0 aromatic heterocycles. The number of carbonyl (C=O) groups excluding carboxylic acids is 3. The van der Waals surface area contributed by atoms with E-state index in [1.165, 1.54) is 13.2 Å². The van der Waals surface area contributed by atoms with E-state index >= 15 is 0 Å². The van der Waals surface area contributed by atoms with Crippen molar-refractivity contribution in [1.29, 1.82) is 0 Å². The molecular formula is C26H28O7. The van der Waals surface area contributed by atoms with Crippen LogP contribution in [0.1, 0.15) is 41.6 Å². The van der Waals surface area contributed by atoms with E-state index in [0.717, 1.165) is 37.3 Å². The van der Waals surface area contributed by atoms with Gasteiger partial charge in [-0.15, -0.1) is 0 Å². The summed E-state index contributed by atoms with van der Waals surface area (Å²) in [6, 6.07) is 13.5. The summed E-state index contributed by atoms with van der Waals surface area (Å²) in [4.78, 5) is 34.4. The zero-order chi connectivity index (χ0) is 23.9. The van der Waals surface area contributed by atoms with E-state index in [2.05, 4.69) is 11.3 Å². The van der Waals surface area contributed by atoms with Gasteiger partial charge < -0.3 is 18.9 Å². The van der Waals surface area contributed by atoms with Gasteiger partial charge in [-0.2, -0.15) is 0 Å². The first-order valence-electron chi connectivity index (χ1n) is 10.6. The first-order valence-corrected chi connectivity index (χ1v) is 10.6. The average Bonchev–Trinajstić information content (AvgIpc) is 2.85. The smallest absolute Gasteiger partial charge is 0.343 e. The van der Waals surface area contributed by atoms with Crippen molar-refractivity contribution in [3.05, 3.63) is 78.4 Å². The molecule has 0 saturated carbocycles. The van der Waals surface area contributed by atoms with Crippen LogP contribution in [0.2, 0.25) is 0 Å². The second-order valence-electron chi connectivity index (χ2n) is 6.97. The van der Waals surface area contributed by atoms with Gasteiger partial charge in [0, 0.05) is 12.2 Å². The van der Waals surface area contributed by atoms with Crippen molar-refractivity contribution in [1.82, 2.24) is 0 Å². The molecule has 0 aliphatic heterocycles. The van der Waals surface area contributed by atoms with Gasteiger partial charge in [-0.3, -0.25) is 0 Å². The lowest BCUT2D eigenvalue weighted by Crippen LogP contribution is -2.08. The van der Waals surface area contributed by atoms with E-state index in [1.54, 1.807) is 54.6 Å². The zero-order valence-electron chi connectivity index (χ0n) is 18.7. The SMILES string of the molecule is C=CC(=O)OCCCCCCOc1ccc(C(=O)Oc2ccc(/C=C/C(=O)OC)cc2)cc1. The fraction of sp³-hybridized carbons (Fsp3) is 0.269. The van der Waals surface area contributed by atoms with E-state index in [9.17, 15) is 14.4 Å². The average molecular weight is 453 g/mol. The van der Waals surface area contributed by atoms with Crippen molar-refractivity contribution < 1.29 is 33.3 Å². The maximum Gasteiger partial charge on any atom is 0.343 e. The van der Waals surface area contributed by atoms with Gasteiger partial charge in [0.1, 0.15) is 11.5 Å². The third-order valence-corrected chi connectivity index (χ3v) is 4.51. The summed E-state index contributed by atoms with van der Waals surface area (Å²) >= 11 is 0. The Morgan fingerprint density at radius 3 is 2.09 bits per heavy atom. The van der Waals surface area contributed by atoms with Crippen LogP contribution in [0.5, 0.6) is 11.5 Å². The predicted octanol–water partition coefficient (Wildman–Crippen LogP) is 4.76. The maximum atomic E-state index is 12.3. The van der Waals surface area contributed by atoms with Gasteiger partial charge in [0.05, 0.1) is 25.9 Å². The highest BCUT2D eigenvalue weighted by molar-refractivity contribution is 5.91. The fourth-order valence-electron chi connectivity index (χ4n) is 2.71. The van der Waals surface area contributed by atoms with Crippen LogP contribution >= 0.6 is 0 Å². The number of methoxy groups -OCH3 is 1. The lowest BCUT2D eigenvalue weighted by molar-refractivity contribution is -0.138. The van der Waals surface area contributed by atoms with E-state index in [-0.39, 0.29) is 0 Å². The molecule has 0 fully saturated rings. The number of carbonyl (C=O) groups is 3. The molecule has 0 unspecified atom stereocenters. The molecule has 2 aromatic rings. The highest BCUT2D eigenvalue weighted by atomic mass is 16.5. The molecule has 0 aliphatic carbocycles. The molecule has 0 amide bonds. The van der Waals surface area contributed by atoms with Gasteiger partial charge in [-0.1, -0.05) is 18.7 Å². The Morgan fingerprint density at radius 1 is 0.818 bits per heavy atom. The van der Waals surface area contributed by atoms with Crippen LogP contribution in [-0.2, 0) is 19.1 Å². The van der Waals surface area contributed by atoms with Gasteiger partial charge in [-0.25, -0.2) is 14.4 Å². The number of rotatable bonds is 13. The molecule has 0 spiro atoms. The predicted molar refractivity (Wildman–Crippen MR) is 124 cm³/mol. The van der Waals surface area contributed by atoms with Crippen molar-refractivity contribution in [2.24, 2.45) is 0 Å². The Hall–Kier alpha value is -3.87. The Morgan fingerprint density at radius 2 is 1.45 bits per heavy atom. The number of hydrogen-bond donors (Lipinski definition) is 0. The Bertz CT molecular complexity index is 944. The second-order valence-corrected chi connectivity index (χ2v) is 6.97. The van der Waals surface area contributed by atoms with E-state index in [4.69, 9.17) is 14.2 Å². The summed E-state index contributed by atoms with van der Waals surface area (Å²) < 4.78 is 20.5. The molecule has 0 radical (unpaired) electrons. The molecule has 7 nitrogen and oxygen atoms in total. The summed E-state index contributed by atoms with van der Waals surface area (Å²) in [6.07, 6.45) is 7.68. The number of benzene rings is 2. The van der Waals surface area contributed by atoms with Gasteiger partial charge >= 0.3 is 17.9 Å². The lowest BCUT2D eigenvalue weighted by atomic mass is 10.2. The molecular weight excluding hydrogens is 424 g/mol. The Kier molecular flexibility index (Phi) is 11.0. The van der Waals surface area contributed by atoms with Crippen molar-refractivity contribution in [2.75, 3.05) is 20.3 Å². The molecule has 0 heterocycles. The summed E-state index contributed by atoms with van der Waals surface area (Å²) in [5.74, 6) is -0.241. The van der Waals surface area contributed by atoms with Crippen molar-refractivity contribution in [3.8, 4) is 11.5 Å². The van der Waals surface area contributed by atoms with E-state index in [1.807, 2.05) is 0 Å². The summed E-state index contributed by atoms with van der Waals surface area (Å²) in [5, 5.41) is 0. The lowest BCUT2D eigenvalue weighted by Gasteiger charge is -2.08. The first kappa shape index (κ1) is 25.4. The molecule has 0 bridgehead atoms. The Balaban J connectivity index is 1.70. The maximum absolute atomic E-state index is 12.3.